The van der Waals surface area contributed by atoms with Crippen LogP contribution in [0.2, 0.25) is 0 Å². The second-order valence-electron chi connectivity index (χ2n) is 4.81. The van der Waals surface area contributed by atoms with Crippen LogP contribution in [-0.2, 0) is 11.8 Å². The summed E-state index contributed by atoms with van der Waals surface area (Å²) in [6.45, 7) is 1.76. The number of hydrogen-bond donors (Lipinski definition) is 1. The largest absolute Gasteiger partial charge is 0.360 e. The van der Waals surface area contributed by atoms with Gasteiger partial charge >= 0.3 is 0 Å². The van der Waals surface area contributed by atoms with Gasteiger partial charge in [0.1, 0.15) is 11.0 Å². The van der Waals surface area contributed by atoms with Crippen molar-refractivity contribution < 1.29 is 9.32 Å². The average Bonchev–Trinajstić information content (AvgIpc) is 3.14. The quantitative estimate of drug-likeness (QED) is 0.714. The van der Waals surface area contributed by atoms with Gasteiger partial charge < -0.3 is 9.84 Å². The van der Waals surface area contributed by atoms with E-state index in [1.165, 1.54) is 16.4 Å². The van der Waals surface area contributed by atoms with Crippen molar-refractivity contribution >= 4 is 23.5 Å². The molecule has 23 heavy (non-hydrogen) atoms. The van der Waals surface area contributed by atoms with Crippen LogP contribution in [0.1, 0.15) is 16.6 Å². The molecule has 3 rings (SSSR count). The summed E-state index contributed by atoms with van der Waals surface area (Å²) in [5.74, 6) is 0.782. The lowest BCUT2D eigenvalue weighted by atomic mass is 10.1. The van der Waals surface area contributed by atoms with Gasteiger partial charge in [-0.25, -0.2) is 4.68 Å². The fraction of sp³-hybridized carbons (Fsp3) is 0.214. The molecule has 2 aromatic heterocycles. The Bertz CT molecular complexity index is 800. The molecular weight excluding hydrogens is 316 g/mol. The van der Waals surface area contributed by atoms with Gasteiger partial charge in [0, 0.05) is 13.1 Å². The van der Waals surface area contributed by atoms with Crippen LogP contribution in [0.5, 0.6) is 0 Å². The smallest absolute Gasteiger partial charge is 0.243 e. The second kappa shape index (κ2) is 6.61. The lowest BCUT2D eigenvalue weighted by Gasteiger charge is -2.14. The predicted molar refractivity (Wildman–Crippen MR) is 83.7 cm³/mol. The predicted octanol–water partition coefficient (Wildman–Crippen LogP) is 1.98. The highest BCUT2D eigenvalue weighted by Gasteiger charge is 2.25. The summed E-state index contributed by atoms with van der Waals surface area (Å²) >= 11 is 1.27. The first-order chi connectivity index (χ1) is 11.1. The topological polar surface area (TPSA) is 98.7 Å². The van der Waals surface area contributed by atoms with E-state index in [-0.39, 0.29) is 5.91 Å². The third kappa shape index (κ3) is 3.57. The number of anilines is 1. The molecule has 0 fully saturated rings. The van der Waals surface area contributed by atoms with Crippen molar-refractivity contribution in [2.75, 3.05) is 5.32 Å². The highest BCUT2D eigenvalue weighted by molar-refractivity contribution is 8.00. The molecule has 0 radical (unpaired) electrons. The van der Waals surface area contributed by atoms with E-state index in [1.54, 1.807) is 20.0 Å². The maximum absolute atomic E-state index is 12.7. The van der Waals surface area contributed by atoms with Gasteiger partial charge in [-0.15, -0.1) is 5.10 Å². The molecule has 8 nitrogen and oxygen atoms in total. The zero-order valence-corrected chi connectivity index (χ0v) is 13.3. The van der Waals surface area contributed by atoms with Gasteiger partial charge in [0.25, 0.3) is 0 Å². The van der Waals surface area contributed by atoms with Crippen LogP contribution in [0.25, 0.3) is 0 Å². The average molecular weight is 330 g/mol. The van der Waals surface area contributed by atoms with E-state index in [0.29, 0.717) is 16.7 Å². The summed E-state index contributed by atoms with van der Waals surface area (Å²) in [5.41, 5.74) is 0.846. The molecule has 9 heteroatoms. The van der Waals surface area contributed by atoms with Gasteiger partial charge in [-0.3, -0.25) is 4.79 Å². The maximum atomic E-state index is 12.7. The van der Waals surface area contributed by atoms with E-state index < -0.39 is 5.25 Å². The Morgan fingerprint density at radius 1 is 1.35 bits per heavy atom. The number of nitrogens with one attached hydrogen (secondary N) is 1. The van der Waals surface area contributed by atoms with E-state index in [0.717, 1.165) is 5.56 Å². The Labute approximate surface area is 136 Å². The summed E-state index contributed by atoms with van der Waals surface area (Å²) in [6, 6.07) is 11.1. The molecule has 118 valence electrons. The highest BCUT2D eigenvalue weighted by Crippen LogP contribution is 2.34. The van der Waals surface area contributed by atoms with E-state index >= 15 is 0 Å². The standard InChI is InChI=1S/C14H14N6O2S/c1-9-8-11(17-22-9)15-13(21)12(10-6-4-3-5-7-10)23-14-16-18-19-20(14)2/h3-8,12H,1-2H3,(H,15,17,21). The SMILES string of the molecule is Cc1cc(NC(=O)C(Sc2nnnn2C)c2ccccc2)no1. The van der Waals surface area contributed by atoms with Crippen molar-refractivity contribution in [1.29, 1.82) is 0 Å². The van der Waals surface area contributed by atoms with E-state index in [4.69, 9.17) is 4.52 Å². The van der Waals surface area contributed by atoms with E-state index in [2.05, 4.69) is 26.0 Å². The van der Waals surface area contributed by atoms with Crippen molar-refractivity contribution in [3.63, 3.8) is 0 Å². The first kappa shape index (κ1) is 15.2. The Morgan fingerprint density at radius 2 is 2.13 bits per heavy atom. The summed E-state index contributed by atoms with van der Waals surface area (Å²) < 4.78 is 6.49. The van der Waals surface area contributed by atoms with Gasteiger partial charge in [-0.1, -0.05) is 47.3 Å². The van der Waals surface area contributed by atoms with Crippen LogP contribution in [0.4, 0.5) is 5.82 Å². The monoisotopic (exact) mass is 330 g/mol. The number of carbonyl (C=O) groups is 1. The van der Waals surface area contributed by atoms with Gasteiger partial charge in [-0.05, 0) is 22.9 Å². The Morgan fingerprint density at radius 3 is 2.74 bits per heavy atom. The maximum Gasteiger partial charge on any atom is 0.243 e. The minimum Gasteiger partial charge on any atom is -0.360 e. The summed E-state index contributed by atoms with van der Waals surface area (Å²) in [4.78, 5) is 12.7. The lowest BCUT2D eigenvalue weighted by molar-refractivity contribution is -0.115. The van der Waals surface area contributed by atoms with Crippen LogP contribution < -0.4 is 5.32 Å². The molecule has 0 aliphatic heterocycles. The van der Waals surface area contributed by atoms with Crippen molar-refractivity contribution in [2.45, 2.75) is 17.3 Å². The normalized spacial score (nSPS) is 12.1. The minimum atomic E-state index is -0.516. The second-order valence-corrected chi connectivity index (χ2v) is 5.88. The molecular formula is C14H14N6O2S. The molecule has 1 amide bonds. The Kier molecular flexibility index (Phi) is 4.38. The summed E-state index contributed by atoms with van der Waals surface area (Å²) in [6.07, 6.45) is 0. The zero-order valence-electron chi connectivity index (χ0n) is 12.5. The lowest BCUT2D eigenvalue weighted by Crippen LogP contribution is -2.19. The molecule has 0 bridgehead atoms. The first-order valence-corrected chi connectivity index (χ1v) is 7.69. The molecule has 0 saturated heterocycles. The molecule has 2 heterocycles. The number of aromatic nitrogens is 5. The third-order valence-electron chi connectivity index (χ3n) is 3.02. The molecule has 0 aliphatic carbocycles. The zero-order chi connectivity index (χ0) is 16.2. The van der Waals surface area contributed by atoms with Gasteiger partial charge in [0.15, 0.2) is 5.82 Å². The van der Waals surface area contributed by atoms with Gasteiger partial charge in [0.05, 0.1) is 0 Å². The number of aryl methyl sites for hydroxylation is 2. The number of amides is 1. The van der Waals surface area contributed by atoms with Gasteiger partial charge in [-0.2, -0.15) is 0 Å². The number of rotatable bonds is 5. The molecule has 1 N–H and O–H groups in total. The molecule has 1 unspecified atom stereocenters. The van der Waals surface area contributed by atoms with E-state index in [9.17, 15) is 4.79 Å². The van der Waals surface area contributed by atoms with E-state index in [1.807, 2.05) is 30.3 Å². The van der Waals surface area contributed by atoms with Crippen LogP contribution in [-0.4, -0.2) is 31.3 Å². The van der Waals surface area contributed by atoms with Crippen molar-refractivity contribution in [3.05, 3.63) is 47.7 Å². The molecule has 1 atom stereocenters. The third-order valence-corrected chi connectivity index (χ3v) is 4.30. The molecule has 0 saturated carbocycles. The fourth-order valence-corrected chi connectivity index (χ4v) is 2.89. The summed E-state index contributed by atoms with van der Waals surface area (Å²) in [5, 5.41) is 17.9. The Hall–Kier alpha value is -2.68. The molecule has 0 spiro atoms. The number of nitrogens with zero attached hydrogens (tertiary/aromatic N) is 5. The highest BCUT2D eigenvalue weighted by atomic mass is 32.2. The van der Waals surface area contributed by atoms with Crippen molar-refractivity contribution in [3.8, 4) is 0 Å². The number of carbonyl (C=O) groups excluding carboxylic acids is 1. The first-order valence-electron chi connectivity index (χ1n) is 6.81. The number of benzene rings is 1. The van der Waals surface area contributed by atoms with Crippen molar-refractivity contribution in [2.24, 2.45) is 7.05 Å². The number of thioether (sulfide) groups is 1. The fourth-order valence-electron chi connectivity index (χ4n) is 1.94. The molecule has 3 aromatic rings. The van der Waals surface area contributed by atoms with Crippen LogP contribution in [0.15, 0.2) is 46.1 Å². The van der Waals surface area contributed by atoms with Crippen LogP contribution in [0, 0.1) is 6.92 Å². The minimum absolute atomic E-state index is 0.225. The van der Waals surface area contributed by atoms with Crippen LogP contribution in [0.3, 0.4) is 0 Å². The van der Waals surface area contributed by atoms with Gasteiger partial charge in [0.2, 0.25) is 11.1 Å². The molecule has 1 aromatic carbocycles. The van der Waals surface area contributed by atoms with Crippen LogP contribution >= 0.6 is 11.8 Å². The Balaban J connectivity index is 1.85. The molecule has 0 aliphatic rings. The number of tetrazole rings is 1. The number of hydrogen-bond acceptors (Lipinski definition) is 7. The van der Waals surface area contributed by atoms with Crippen molar-refractivity contribution in [1.82, 2.24) is 25.4 Å². The summed E-state index contributed by atoms with van der Waals surface area (Å²) in [7, 11) is 1.73.